The molecule has 104 valence electrons. The Kier molecular flexibility index (Phi) is 4.85. The van der Waals surface area contributed by atoms with E-state index < -0.39 is 10.8 Å². The minimum absolute atomic E-state index is 0.0780. The molecule has 0 radical (unpaired) electrons. The Bertz CT molecular complexity index is 482. The molecular formula is C15H21NOS2. The van der Waals surface area contributed by atoms with Gasteiger partial charge in [-0.1, -0.05) is 55.4 Å². The zero-order valence-electron chi connectivity index (χ0n) is 11.8. The maximum atomic E-state index is 12.4. The number of nitrogens with zero attached hydrogens (tertiary/aromatic N) is 1. The fourth-order valence-corrected chi connectivity index (χ4v) is 5.65. The van der Waals surface area contributed by atoms with Crippen molar-refractivity contribution in [1.29, 1.82) is 0 Å². The number of aliphatic imine (C=N–C) groups is 1. The summed E-state index contributed by atoms with van der Waals surface area (Å²) in [6.07, 6.45) is 2.12. The van der Waals surface area contributed by atoms with Crippen molar-refractivity contribution >= 4 is 27.6 Å². The Labute approximate surface area is 122 Å². The molecule has 2 nitrogen and oxygen atoms in total. The lowest BCUT2D eigenvalue weighted by Gasteiger charge is -2.22. The Morgan fingerprint density at radius 3 is 2.63 bits per heavy atom. The fourth-order valence-electron chi connectivity index (χ4n) is 2.07. The molecule has 2 rings (SSSR count). The zero-order valence-corrected chi connectivity index (χ0v) is 13.4. The van der Waals surface area contributed by atoms with E-state index in [4.69, 9.17) is 4.99 Å². The van der Waals surface area contributed by atoms with Crippen LogP contribution in [-0.2, 0) is 10.8 Å². The highest BCUT2D eigenvalue weighted by molar-refractivity contribution is 8.22. The molecule has 0 fully saturated rings. The molecular weight excluding hydrogens is 274 g/mol. The van der Waals surface area contributed by atoms with Gasteiger partial charge in [0, 0.05) is 22.1 Å². The number of hydrogen-bond donors (Lipinski definition) is 0. The van der Waals surface area contributed by atoms with Gasteiger partial charge >= 0.3 is 0 Å². The smallest absolute Gasteiger partial charge is 0.111 e. The summed E-state index contributed by atoms with van der Waals surface area (Å²) < 4.78 is 12.5. The Balaban J connectivity index is 2.14. The molecule has 0 aliphatic carbocycles. The minimum Gasteiger partial charge on any atom is -0.270 e. The van der Waals surface area contributed by atoms with Crippen LogP contribution in [0.4, 0.5) is 0 Å². The SMILES string of the molecule is CCCCS(=O)C1SC(c2ccccc2)=NC1(C)C. The van der Waals surface area contributed by atoms with E-state index in [-0.39, 0.29) is 10.1 Å². The predicted molar refractivity (Wildman–Crippen MR) is 86.4 cm³/mol. The molecule has 4 heteroatoms. The first kappa shape index (κ1) is 14.8. The van der Waals surface area contributed by atoms with Gasteiger partial charge in [0.2, 0.25) is 0 Å². The highest BCUT2D eigenvalue weighted by Gasteiger charge is 2.41. The van der Waals surface area contributed by atoms with E-state index in [1.165, 1.54) is 0 Å². The van der Waals surface area contributed by atoms with Crippen molar-refractivity contribution in [2.45, 2.75) is 43.7 Å². The molecule has 0 spiro atoms. The summed E-state index contributed by atoms with van der Waals surface area (Å²) in [5.74, 6) is 0.787. The fraction of sp³-hybridized carbons (Fsp3) is 0.533. The lowest BCUT2D eigenvalue weighted by atomic mass is 10.1. The second-order valence-electron chi connectivity index (χ2n) is 5.32. The number of hydrogen-bond acceptors (Lipinski definition) is 3. The van der Waals surface area contributed by atoms with Gasteiger partial charge in [0.05, 0.1) is 10.6 Å². The maximum Gasteiger partial charge on any atom is 0.111 e. The summed E-state index contributed by atoms with van der Waals surface area (Å²) >= 11 is 1.68. The van der Waals surface area contributed by atoms with Crippen molar-refractivity contribution in [1.82, 2.24) is 0 Å². The van der Waals surface area contributed by atoms with Crippen molar-refractivity contribution in [2.75, 3.05) is 5.75 Å². The van der Waals surface area contributed by atoms with Gasteiger partial charge in [-0.2, -0.15) is 0 Å². The van der Waals surface area contributed by atoms with Gasteiger partial charge in [-0.3, -0.25) is 9.20 Å². The third-order valence-electron chi connectivity index (χ3n) is 3.14. The molecule has 0 saturated carbocycles. The van der Waals surface area contributed by atoms with Crippen LogP contribution < -0.4 is 0 Å². The van der Waals surface area contributed by atoms with Crippen LogP contribution in [0.5, 0.6) is 0 Å². The number of unbranched alkanes of at least 4 members (excludes halogenated alkanes) is 1. The average Bonchev–Trinajstić information content (AvgIpc) is 2.73. The summed E-state index contributed by atoms with van der Waals surface area (Å²) in [5, 5.41) is 1.03. The monoisotopic (exact) mass is 295 g/mol. The van der Waals surface area contributed by atoms with Gasteiger partial charge in [-0.15, -0.1) is 0 Å². The highest BCUT2D eigenvalue weighted by atomic mass is 32.2. The Morgan fingerprint density at radius 2 is 2.00 bits per heavy atom. The van der Waals surface area contributed by atoms with Crippen LogP contribution >= 0.6 is 11.8 Å². The van der Waals surface area contributed by atoms with Gasteiger partial charge in [0.15, 0.2) is 0 Å². The third kappa shape index (κ3) is 3.48. The van der Waals surface area contributed by atoms with E-state index in [0.717, 1.165) is 29.2 Å². The van der Waals surface area contributed by atoms with E-state index in [1.54, 1.807) is 11.8 Å². The van der Waals surface area contributed by atoms with Crippen LogP contribution in [0.1, 0.15) is 39.2 Å². The summed E-state index contributed by atoms with van der Waals surface area (Å²) in [5.41, 5.74) is 0.893. The molecule has 1 aliphatic rings. The van der Waals surface area contributed by atoms with Crippen molar-refractivity contribution in [2.24, 2.45) is 4.99 Å². The maximum absolute atomic E-state index is 12.4. The first-order valence-corrected chi connectivity index (χ1v) is 9.00. The Hall–Kier alpha value is -0.610. The van der Waals surface area contributed by atoms with Crippen molar-refractivity contribution < 1.29 is 4.21 Å². The first-order chi connectivity index (χ1) is 9.04. The van der Waals surface area contributed by atoms with Crippen LogP contribution in [0.2, 0.25) is 0 Å². The van der Waals surface area contributed by atoms with Gasteiger partial charge in [-0.05, 0) is 20.3 Å². The van der Waals surface area contributed by atoms with E-state index in [2.05, 4.69) is 32.9 Å². The molecule has 1 aromatic carbocycles. The van der Waals surface area contributed by atoms with E-state index in [9.17, 15) is 4.21 Å². The molecule has 0 bridgehead atoms. The molecule has 0 amide bonds. The van der Waals surface area contributed by atoms with Crippen LogP contribution in [0.3, 0.4) is 0 Å². The van der Waals surface area contributed by atoms with Crippen molar-refractivity contribution in [3.63, 3.8) is 0 Å². The topological polar surface area (TPSA) is 29.4 Å². The summed E-state index contributed by atoms with van der Waals surface area (Å²) in [6, 6.07) is 10.2. The van der Waals surface area contributed by atoms with Crippen LogP contribution in [0, 0.1) is 0 Å². The predicted octanol–water partition coefficient (Wildman–Crippen LogP) is 3.83. The molecule has 2 atom stereocenters. The van der Waals surface area contributed by atoms with Gasteiger partial charge in [-0.25, -0.2) is 0 Å². The molecule has 2 unspecified atom stereocenters. The second-order valence-corrected chi connectivity index (χ2v) is 8.36. The molecule has 0 saturated heterocycles. The molecule has 1 aromatic rings. The zero-order chi connectivity index (χ0) is 13.9. The lowest BCUT2D eigenvalue weighted by Crippen LogP contribution is -2.32. The van der Waals surface area contributed by atoms with Crippen LogP contribution in [0.25, 0.3) is 0 Å². The molecule has 1 heterocycles. The average molecular weight is 295 g/mol. The van der Waals surface area contributed by atoms with Crippen molar-refractivity contribution in [3.05, 3.63) is 35.9 Å². The molecule has 1 aliphatic heterocycles. The summed E-state index contributed by atoms with van der Waals surface area (Å²) in [4.78, 5) is 4.79. The van der Waals surface area contributed by atoms with Crippen LogP contribution in [0.15, 0.2) is 35.3 Å². The second kappa shape index (κ2) is 6.23. The van der Waals surface area contributed by atoms with Crippen molar-refractivity contribution in [3.8, 4) is 0 Å². The largest absolute Gasteiger partial charge is 0.270 e. The van der Waals surface area contributed by atoms with Crippen LogP contribution in [-0.4, -0.2) is 25.1 Å². The first-order valence-electron chi connectivity index (χ1n) is 6.73. The van der Waals surface area contributed by atoms with Gasteiger partial charge in [0.1, 0.15) is 4.58 Å². The van der Waals surface area contributed by atoms with Gasteiger partial charge in [0.25, 0.3) is 0 Å². The summed E-state index contributed by atoms with van der Waals surface area (Å²) in [6.45, 7) is 6.31. The normalized spacial score (nSPS) is 23.1. The van der Waals surface area contributed by atoms with E-state index >= 15 is 0 Å². The quantitative estimate of drug-likeness (QED) is 0.826. The van der Waals surface area contributed by atoms with Gasteiger partial charge < -0.3 is 0 Å². The van der Waals surface area contributed by atoms with E-state index in [1.807, 2.05) is 18.2 Å². The third-order valence-corrected chi connectivity index (χ3v) is 7.16. The molecule has 0 N–H and O–H groups in total. The Morgan fingerprint density at radius 1 is 1.32 bits per heavy atom. The standard InChI is InChI=1S/C15H21NOS2/c1-4-5-11-19(17)14-15(2,3)16-13(18-14)12-9-7-6-8-10-12/h6-10,14H,4-5,11H2,1-3H3. The summed E-state index contributed by atoms with van der Waals surface area (Å²) in [7, 11) is -0.811. The van der Waals surface area contributed by atoms with E-state index in [0.29, 0.717) is 0 Å². The molecule has 0 aromatic heterocycles. The number of thioether (sulfide) groups is 1. The number of rotatable bonds is 5. The highest BCUT2D eigenvalue weighted by Crippen LogP contribution is 2.39. The number of benzene rings is 1. The lowest BCUT2D eigenvalue weighted by molar-refractivity contribution is 0.568. The minimum atomic E-state index is -0.811. The molecule has 19 heavy (non-hydrogen) atoms.